The lowest BCUT2D eigenvalue weighted by Gasteiger charge is -2.15. The van der Waals surface area contributed by atoms with Gasteiger partial charge in [-0.3, -0.25) is 4.99 Å². The summed E-state index contributed by atoms with van der Waals surface area (Å²) < 4.78 is 0. The maximum Gasteiger partial charge on any atom is 0.0675 e. The van der Waals surface area contributed by atoms with Crippen LogP contribution in [0.3, 0.4) is 0 Å². The van der Waals surface area contributed by atoms with Crippen molar-refractivity contribution >= 4 is 16.8 Å². The zero-order valence-corrected chi connectivity index (χ0v) is 8.45. The largest absolute Gasteiger partial charge is 0.283 e. The average molecular weight is 171 g/mol. The molecule has 0 saturated carbocycles. The molecule has 0 saturated heterocycles. The summed E-state index contributed by atoms with van der Waals surface area (Å²) in [5.74, 6) is 1.67. The van der Waals surface area contributed by atoms with Gasteiger partial charge in [0.2, 0.25) is 0 Å². The van der Waals surface area contributed by atoms with Crippen molar-refractivity contribution in [2.45, 2.75) is 26.7 Å². The van der Waals surface area contributed by atoms with Gasteiger partial charge in [-0.1, -0.05) is 13.8 Å². The van der Waals surface area contributed by atoms with Crippen molar-refractivity contribution in [1.82, 2.24) is 0 Å². The highest BCUT2D eigenvalue weighted by Crippen LogP contribution is 2.24. The third-order valence-corrected chi connectivity index (χ3v) is 3.34. The van der Waals surface area contributed by atoms with E-state index in [-0.39, 0.29) is 0 Å². The van der Waals surface area contributed by atoms with Gasteiger partial charge in [-0.05, 0) is 30.9 Å². The molecule has 0 bridgehead atoms. The third kappa shape index (κ3) is 2.51. The fraction of sp³-hybridized carbons (Fsp3) is 0.889. The van der Waals surface area contributed by atoms with E-state index in [0.29, 0.717) is 0 Å². The molecule has 0 aromatic carbocycles. The van der Waals surface area contributed by atoms with Crippen LogP contribution in [0, 0.1) is 11.8 Å². The van der Waals surface area contributed by atoms with Gasteiger partial charge in [0.15, 0.2) is 0 Å². The first-order valence-electron chi connectivity index (χ1n) is 4.31. The van der Waals surface area contributed by atoms with Gasteiger partial charge >= 0.3 is 0 Å². The first-order valence-corrected chi connectivity index (χ1v) is 5.54. The van der Waals surface area contributed by atoms with E-state index in [0.717, 1.165) is 18.4 Å². The summed E-state index contributed by atoms with van der Waals surface area (Å²) in [5, 5.41) is 1.35. The van der Waals surface area contributed by atoms with Crippen molar-refractivity contribution in [3.05, 3.63) is 0 Å². The van der Waals surface area contributed by atoms with Crippen LogP contribution in [0.5, 0.6) is 0 Å². The number of rotatable bonds is 0. The Balaban J connectivity index is 2.53. The number of aliphatic imine (C=N–C) groups is 1. The Labute approximate surface area is 73.7 Å². The Kier molecular flexibility index (Phi) is 3.44. The van der Waals surface area contributed by atoms with Gasteiger partial charge in [-0.2, -0.15) is 0 Å². The molecule has 0 amide bonds. The van der Waals surface area contributed by atoms with E-state index in [9.17, 15) is 0 Å². The molecule has 2 heteroatoms. The van der Waals surface area contributed by atoms with Gasteiger partial charge in [0, 0.05) is 6.54 Å². The van der Waals surface area contributed by atoms with Gasteiger partial charge in [0.1, 0.15) is 0 Å². The van der Waals surface area contributed by atoms with E-state index in [1.807, 2.05) is 11.8 Å². The van der Waals surface area contributed by atoms with E-state index in [1.54, 1.807) is 0 Å². The molecule has 0 fully saturated rings. The molecule has 64 valence electrons. The molecule has 0 radical (unpaired) electrons. The molecular weight excluding hydrogens is 154 g/mol. The van der Waals surface area contributed by atoms with Crippen molar-refractivity contribution in [3.8, 4) is 0 Å². The second-order valence-corrected chi connectivity index (χ2v) is 4.31. The van der Waals surface area contributed by atoms with Crippen molar-refractivity contribution < 1.29 is 0 Å². The molecule has 1 rings (SSSR count). The van der Waals surface area contributed by atoms with Crippen LogP contribution >= 0.6 is 11.8 Å². The molecule has 1 nitrogen and oxygen atoms in total. The maximum atomic E-state index is 4.52. The van der Waals surface area contributed by atoms with Crippen LogP contribution in [-0.4, -0.2) is 17.8 Å². The predicted octanol–water partition coefficient (Wildman–Crippen LogP) is 2.81. The van der Waals surface area contributed by atoms with Crippen LogP contribution < -0.4 is 0 Å². The van der Waals surface area contributed by atoms with Crippen LogP contribution in [0.2, 0.25) is 0 Å². The monoisotopic (exact) mass is 171 g/mol. The van der Waals surface area contributed by atoms with Gasteiger partial charge in [-0.25, -0.2) is 0 Å². The molecule has 1 heterocycles. The Hall–Kier alpha value is 0.0200. The Morgan fingerprint density at radius 3 is 2.73 bits per heavy atom. The van der Waals surface area contributed by atoms with E-state index < -0.39 is 0 Å². The summed E-state index contributed by atoms with van der Waals surface area (Å²) in [6.07, 6.45) is 4.59. The number of hydrogen-bond acceptors (Lipinski definition) is 2. The van der Waals surface area contributed by atoms with E-state index >= 15 is 0 Å². The van der Waals surface area contributed by atoms with Crippen LogP contribution in [0.4, 0.5) is 0 Å². The molecule has 0 aliphatic carbocycles. The summed E-state index contributed by atoms with van der Waals surface area (Å²) in [6, 6.07) is 0. The van der Waals surface area contributed by atoms with Crippen LogP contribution in [-0.2, 0) is 0 Å². The van der Waals surface area contributed by atoms with E-state index in [1.165, 1.54) is 17.9 Å². The molecule has 0 aromatic rings. The lowest BCUT2D eigenvalue weighted by Crippen LogP contribution is -2.08. The van der Waals surface area contributed by atoms with Crippen LogP contribution in [0.25, 0.3) is 0 Å². The van der Waals surface area contributed by atoms with Crippen molar-refractivity contribution in [1.29, 1.82) is 0 Å². The summed E-state index contributed by atoms with van der Waals surface area (Å²) in [6.45, 7) is 5.72. The Morgan fingerprint density at radius 2 is 2.09 bits per heavy atom. The molecule has 0 N–H and O–H groups in total. The Morgan fingerprint density at radius 1 is 1.36 bits per heavy atom. The molecule has 2 atom stereocenters. The second-order valence-electron chi connectivity index (χ2n) is 3.43. The topological polar surface area (TPSA) is 12.4 Å². The number of hydrogen-bond donors (Lipinski definition) is 0. The van der Waals surface area contributed by atoms with Gasteiger partial charge < -0.3 is 0 Å². The smallest absolute Gasteiger partial charge is 0.0675 e. The highest BCUT2D eigenvalue weighted by atomic mass is 32.2. The highest BCUT2D eigenvalue weighted by Gasteiger charge is 2.16. The summed E-state index contributed by atoms with van der Waals surface area (Å²) in [4.78, 5) is 4.52. The predicted molar refractivity (Wildman–Crippen MR) is 53.4 cm³/mol. The minimum atomic E-state index is 0.823. The number of thioether (sulfide) groups is 1. The first-order chi connectivity index (χ1) is 5.24. The average Bonchev–Trinajstić information content (AvgIpc) is 2.15. The summed E-state index contributed by atoms with van der Waals surface area (Å²) in [7, 11) is 0. The SMILES string of the molecule is CSC1=NCC[C@@H](C)[C@H](C)C1. The minimum Gasteiger partial charge on any atom is -0.283 e. The van der Waals surface area contributed by atoms with Gasteiger partial charge in [0.25, 0.3) is 0 Å². The van der Waals surface area contributed by atoms with Crippen molar-refractivity contribution in [2.24, 2.45) is 16.8 Å². The lowest BCUT2D eigenvalue weighted by molar-refractivity contribution is 0.390. The van der Waals surface area contributed by atoms with Gasteiger partial charge in [-0.15, -0.1) is 11.8 Å². The zero-order valence-electron chi connectivity index (χ0n) is 7.63. The Bertz CT molecular complexity index is 154. The molecule has 1 aliphatic rings. The normalized spacial score (nSPS) is 32.8. The van der Waals surface area contributed by atoms with Crippen LogP contribution in [0.15, 0.2) is 4.99 Å². The third-order valence-electron chi connectivity index (χ3n) is 2.58. The van der Waals surface area contributed by atoms with Crippen LogP contribution in [0.1, 0.15) is 26.7 Å². The summed E-state index contributed by atoms with van der Waals surface area (Å²) >= 11 is 1.81. The van der Waals surface area contributed by atoms with Crippen molar-refractivity contribution in [3.63, 3.8) is 0 Å². The van der Waals surface area contributed by atoms with Gasteiger partial charge in [0.05, 0.1) is 5.04 Å². The molecular formula is C9H17NS. The first kappa shape index (κ1) is 9.11. The molecule has 11 heavy (non-hydrogen) atoms. The summed E-state index contributed by atoms with van der Waals surface area (Å²) in [5.41, 5.74) is 0. The molecule has 0 unspecified atom stereocenters. The van der Waals surface area contributed by atoms with E-state index in [4.69, 9.17) is 0 Å². The number of nitrogens with zero attached hydrogens (tertiary/aromatic N) is 1. The maximum absolute atomic E-state index is 4.52. The minimum absolute atomic E-state index is 0.823. The fourth-order valence-electron chi connectivity index (χ4n) is 1.37. The zero-order chi connectivity index (χ0) is 8.27. The second kappa shape index (κ2) is 4.15. The van der Waals surface area contributed by atoms with E-state index in [2.05, 4.69) is 25.1 Å². The molecule has 0 spiro atoms. The highest BCUT2D eigenvalue weighted by molar-refractivity contribution is 8.13. The standard InChI is InChI=1S/C9H17NS/c1-7-4-5-10-9(11-3)6-8(7)2/h7-8H,4-6H2,1-3H3/t7-,8-/m1/s1. The fourth-order valence-corrected chi connectivity index (χ4v) is 2.02. The molecule has 0 aromatic heterocycles. The quantitative estimate of drug-likeness (QED) is 0.546. The molecule has 1 aliphatic heterocycles. The van der Waals surface area contributed by atoms with Crippen molar-refractivity contribution in [2.75, 3.05) is 12.8 Å². The lowest BCUT2D eigenvalue weighted by atomic mass is 9.91.